The molecule has 7 aliphatic carbocycles. The van der Waals surface area contributed by atoms with Gasteiger partial charge < -0.3 is 20.3 Å². The van der Waals surface area contributed by atoms with Crippen molar-refractivity contribution in [2.45, 2.75) is 151 Å². The van der Waals surface area contributed by atoms with Crippen LogP contribution in [-0.4, -0.2) is 39.4 Å². The van der Waals surface area contributed by atoms with E-state index in [0.29, 0.717) is 29.6 Å². The number of carboxylic acids is 2. The Morgan fingerprint density at radius 1 is 0.880 bits per heavy atom. The first-order chi connectivity index (χ1) is 23.0. The number of carbonyl (C=O) groups excluding carboxylic acids is 1. The minimum absolute atomic E-state index is 0.0183. The number of hydrogen-bond acceptors (Lipinski definition) is 4. The third-order valence-electron chi connectivity index (χ3n) is 16.9. The van der Waals surface area contributed by atoms with Gasteiger partial charge in [-0.05, 0) is 173 Å². The zero-order chi connectivity index (χ0) is 36.7. The van der Waals surface area contributed by atoms with Crippen molar-refractivity contribution in [2.75, 3.05) is 0 Å². The molecule has 0 bridgehead atoms. The summed E-state index contributed by atoms with van der Waals surface area (Å²) in [4.78, 5) is 37.1. The van der Waals surface area contributed by atoms with Crippen molar-refractivity contribution in [1.29, 1.82) is 0 Å². The fourth-order valence-corrected chi connectivity index (χ4v) is 14.7. The Hall–Kier alpha value is -2.57. The molecule has 7 nitrogen and oxygen atoms in total. The van der Waals surface area contributed by atoms with E-state index in [-0.39, 0.29) is 51.5 Å². The molecule has 276 valence electrons. The summed E-state index contributed by atoms with van der Waals surface area (Å²) in [6, 6.07) is 0. The first-order valence-electron chi connectivity index (χ1n) is 19.6. The molecule has 0 radical (unpaired) electrons. The molecule has 5 fully saturated rings. The summed E-state index contributed by atoms with van der Waals surface area (Å²) < 4.78 is 5.86. The summed E-state index contributed by atoms with van der Waals surface area (Å²) in [6.45, 7) is 25.3. The Balaban J connectivity index is 1.16. The van der Waals surface area contributed by atoms with Gasteiger partial charge in [-0.25, -0.2) is 4.79 Å². The van der Waals surface area contributed by atoms with Crippen molar-refractivity contribution in [3.8, 4) is 0 Å². The fraction of sp³-hybridized carbons (Fsp3) is 0.791. The normalized spacial score (nSPS) is 43.3. The minimum Gasteiger partial charge on any atom is -0.480 e. The molecule has 1 amide bonds. The second-order valence-electron chi connectivity index (χ2n) is 20.8. The Morgan fingerprint density at radius 2 is 1.52 bits per heavy atom. The van der Waals surface area contributed by atoms with Gasteiger partial charge in [0.15, 0.2) is 5.41 Å². The van der Waals surface area contributed by atoms with Gasteiger partial charge >= 0.3 is 18.0 Å². The third-order valence-corrected chi connectivity index (χ3v) is 16.9. The number of amides is 1. The van der Waals surface area contributed by atoms with Crippen LogP contribution >= 0.6 is 0 Å². The van der Waals surface area contributed by atoms with Gasteiger partial charge in [0.25, 0.3) is 0 Å². The van der Waals surface area contributed by atoms with Gasteiger partial charge in [-0.3, -0.25) is 9.59 Å². The van der Waals surface area contributed by atoms with Crippen molar-refractivity contribution in [1.82, 2.24) is 5.32 Å². The van der Waals surface area contributed by atoms with Crippen molar-refractivity contribution < 1.29 is 29.3 Å². The summed E-state index contributed by atoms with van der Waals surface area (Å²) in [7, 11) is 0. The molecular formula is C43H63NO6. The van der Waals surface area contributed by atoms with E-state index in [1.807, 2.05) is 20.8 Å². The zero-order valence-corrected chi connectivity index (χ0v) is 32.3. The van der Waals surface area contributed by atoms with Gasteiger partial charge in [-0.15, -0.1) is 0 Å². The second-order valence-corrected chi connectivity index (χ2v) is 20.8. The summed E-state index contributed by atoms with van der Waals surface area (Å²) in [6.07, 6.45) is 15.7. The lowest BCUT2D eigenvalue weighted by atomic mass is 9.32. The second kappa shape index (κ2) is 10.7. The van der Waals surface area contributed by atoms with E-state index in [2.05, 4.69) is 65.6 Å². The fourth-order valence-electron chi connectivity index (χ4n) is 14.7. The summed E-state index contributed by atoms with van der Waals surface area (Å²) in [5.41, 5.74) is 1.80. The zero-order valence-electron chi connectivity index (χ0n) is 32.3. The maximum atomic E-state index is 13.4. The molecule has 7 heteroatoms. The van der Waals surface area contributed by atoms with Crippen LogP contribution in [0.4, 0.5) is 4.79 Å². The Morgan fingerprint density at radius 3 is 2.10 bits per heavy atom. The van der Waals surface area contributed by atoms with E-state index < -0.39 is 23.0 Å². The van der Waals surface area contributed by atoms with Gasteiger partial charge in [-0.1, -0.05) is 58.9 Å². The number of carbonyl (C=O) groups is 3. The number of hydrogen-bond donors (Lipinski definition) is 3. The highest BCUT2D eigenvalue weighted by atomic mass is 16.6. The van der Waals surface area contributed by atoms with Crippen LogP contribution in [0.5, 0.6) is 0 Å². The van der Waals surface area contributed by atoms with Gasteiger partial charge in [0.1, 0.15) is 5.60 Å². The highest BCUT2D eigenvalue weighted by Gasteiger charge is 2.71. The summed E-state index contributed by atoms with van der Waals surface area (Å²) >= 11 is 0. The van der Waals surface area contributed by atoms with Crippen LogP contribution in [-0.2, 0) is 14.3 Å². The van der Waals surface area contributed by atoms with E-state index in [1.165, 1.54) is 42.4 Å². The molecule has 0 unspecified atom stereocenters. The van der Waals surface area contributed by atoms with Crippen LogP contribution in [0, 0.1) is 62.1 Å². The number of carboxylic acid groups (broad SMARTS) is 2. The lowest BCUT2D eigenvalue weighted by Crippen LogP contribution is -2.68. The first kappa shape index (κ1) is 35.8. The van der Waals surface area contributed by atoms with E-state index in [9.17, 15) is 24.6 Å². The van der Waals surface area contributed by atoms with Crippen LogP contribution in [0.25, 0.3) is 0 Å². The van der Waals surface area contributed by atoms with Gasteiger partial charge in [0.2, 0.25) is 0 Å². The molecule has 0 aromatic carbocycles. The maximum Gasteiger partial charge on any atom is 0.408 e. The Kier molecular flexibility index (Phi) is 7.70. The molecule has 1 spiro atoms. The molecule has 7 aliphatic rings. The molecule has 0 saturated heterocycles. The topological polar surface area (TPSA) is 113 Å². The lowest BCUT2D eigenvalue weighted by molar-refractivity contribution is -0.220. The summed E-state index contributed by atoms with van der Waals surface area (Å²) in [5, 5.41) is 22.9. The smallest absolute Gasteiger partial charge is 0.408 e. The molecule has 0 aromatic rings. The minimum atomic E-state index is -1.63. The molecular weight excluding hydrogens is 626 g/mol. The van der Waals surface area contributed by atoms with Crippen LogP contribution < -0.4 is 5.32 Å². The Bertz CT molecular complexity index is 1570. The van der Waals surface area contributed by atoms with Crippen LogP contribution in [0.2, 0.25) is 0 Å². The SMILES string of the molecule is C=C(C)[C@@H]1CC[C@]2(NC(=O)OC(C)(C)C)CC[C@]3(C)[C@H](CC[C@@H]4[C@@]5(C)CC=C(C6=CC7(C6)CC(C(=O)O)(C(=O)O)C7)C(C)(C)[C@@H]5CC[C@]43C)[C@@H]12. The number of ether oxygens (including phenoxy) is 1. The molecule has 9 atom stereocenters. The van der Waals surface area contributed by atoms with Crippen molar-refractivity contribution in [3.63, 3.8) is 0 Å². The molecule has 0 heterocycles. The number of allylic oxidation sites excluding steroid dienone is 5. The van der Waals surface area contributed by atoms with Crippen LogP contribution in [0.3, 0.4) is 0 Å². The average Bonchev–Trinajstić information content (AvgIpc) is 3.31. The molecule has 7 rings (SSSR count). The van der Waals surface area contributed by atoms with Crippen LogP contribution in [0.1, 0.15) is 139 Å². The third kappa shape index (κ3) is 4.68. The number of alkyl carbamates (subject to hydrolysis) is 1. The highest BCUT2D eigenvalue weighted by Crippen LogP contribution is 2.77. The van der Waals surface area contributed by atoms with Crippen molar-refractivity contribution in [3.05, 3.63) is 35.5 Å². The van der Waals surface area contributed by atoms with E-state index in [0.717, 1.165) is 38.5 Å². The largest absolute Gasteiger partial charge is 0.480 e. The number of rotatable bonds is 5. The quantitative estimate of drug-likeness (QED) is 0.196. The molecule has 0 aliphatic heterocycles. The van der Waals surface area contributed by atoms with E-state index in [1.54, 1.807) is 0 Å². The average molecular weight is 690 g/mol. The molecule has 5 saturated carbocycles. The predicted octanol–water partition coefficient (Wildman–Crippen LogP) is 9.72. The molecule has 50 heavy (non-hydrogen) atoms. The molecule has 0 aromatic heterocycles. The van der Waals surface area contributed by atoms with Crippen molar-refractivity contribution >= 4 is 18.0 Å². The predicted molar refractivity (Wildman–Crippen MR) is 194 cm³/mol. The number of aliphatic carboxylic acids is 2. The highest BCUT2D eigenvalue weighted by molar-refractivity contribution is 6.00. The van der Waals surface area contributed by atoms with Gasteiger partial charge in [0.05, 0.1) is 0 Å². The van der Waals surface area contributed by atoms with Crippen molar-refractivity contribution in [2.24, 2.45) is 62.1 Å². The number of nitrogens with one attached hydrogen (secondary N) is 1. The number of fused-ring (bicyclic) bond motifs is 7. The summed E-state index contributed by atoms with van der Waals surface area (Å²) in [5.74, 6) is 0.0247. The Labute approximate surface area is 300 Å². The van der Waals surface area contributed by atoms with Gasteiger partial charge in [-0.2, -0.15) is 0 Å². The molecule has 3 N–H and O–H groups in total. The van der Waals surface area contributed by atoms with E-state index >= 15 is 0 Å². The van der Waals surface area contributed by atoms with Crippen LogP contribution in [0.15, 0.2) is 35.5 Å². The maximum absolute atomic E-state index is 13.4. The van der Waals surface area contributed by atoms with Gasteiger partial charge in [0, 0.05) is 5.54 Å². The first-order valence-corrected chi connectivity index (χ1v) is 19.6. The van der Waals surface area contributed by atoms with E-state index in [4.69, 9.17) is 4.74 Å². The lowest BCUT2D eigenvalue weighted by Gasteiger charge is -2.72. The standard InChI is InChI=1S/C43H63NO6/c1-25(2)27-13-18-43(44-35(49)50-36(3,4)5)20-19-39(9)29(32(27)43)11-12-31-38(8)16-14-28(37(6,7)30(38)15-17-40(31,39)10)26-21-41(22-26)23-42(24-41,33(45)46)34(47)48/h14,21,27,29-32H,1,11-13,15-20,22-24H2,2-10H3,(H,44,49)(H,45,46)(H,47,48)/t27-,29+,30-,31+,32+,38-,39+,40+,43-/m0/s1. The monoisotopic (exact) mass is 689 g/mol.